The summed E-state index contributed by atoms with van der Waals surface area (Å²) < 4.78 is 0. The lowest BCUT2D eigenvalue weighted by Crippen LogP contribution is -2.38. The van der Waals surface area contributed by atoms with E-state index in [0.29, 0.717) is 6.04 Å². The van der Waals surface area contributed by atoms with Gasteiger partial charge in [-0.05, 0) is 38.3 Å². The van der Waals surface area contributed by atoms with Gasteiger partial charge >= 0.3 is 0 Å². The number of benzene rings is 1. The SMILES string of the molecule is CC1=C=C(Nc2ccccc2N=CC=N)CN1C1CCC1. The van der Waals surface area contributed by atoms with E-state index < -0.39 is 0 Å². The Morgan fingerprint density at radius 2 is 2.19 bits per heavy atom. The molecule has 1 aromatic carbocycles. The molecule has 0 saturated heterocycles. The van der Waals surface area contributed by atoms with Gasteiger partial charge in [0.25, 0.3) is 0 Å². The van der Waals surface area contributed by atoms with Crippen molar-refractivity contribution in [3.63, 3.8) is 0 Å². The zero-order chi connectivity index (χ0) is 14.7. The highest BCUT2D eigenvalue weighted by Gasteiger charge is 2.28. The van der Waals surface area contributed by atoms with Crippen molar-refractivity contribution in [2.75, 3.05) is 11.9 Å². The first-order chi connectivity index (χ1) is 10.3. The highest BCUT2D eigenvalue weighted by molar-refractivity contribution is 6.15. The van der Waals surface area contributed by atoms with E-state index in [2.05, 4.69) is 27.9 Å². The van der Waals surface area contributed by atoms with Gasteiger partial charge in [-0.25, -0.2) is 0 Å². The van der Waals surface area contributed by atoms with Crippen LogP contribution in [0.4, 0.5) is 11.4 Å². The summed E-state index contributed by atoms with van der Waals surface area (Å²) >= 11 is 0. The zero-order valence-electron chi connectivity index (χ0n) is 12.3. The topological polar surface area (TPSA) is 51.5 Å². The summed E-state index contributed by atoms with van der Waals surface area (Å²) in [4.78, 5) is 6.71. The molecule has 1 aromatic rings. The quantitative estimate of drug-likeness (QED) is 0.638. The molecule has 0 spiro atoms. The Morgan fingerprint density at radius 1 is 1.38 bits per heavy atom. The molecule has 3 rings (SSSR count). The predicted octanol–water partition coefficient (Wildman–Crippen LogP) is 3.71. The van der Waals surface area contributed by atoms with E-state index in [0.717, 1.165) is 23.6 Å². The molecule has 0 aromatic heterocycles. The summed E-state index contributed by atoms with van der Waals surface area (Å²) in [5, 5.41) is 10.5. The van der Waals surface area contributed by atoms with Crippen molar-refractivity contribution in [1.82, 2.24) is 4.90 Å². The summed E-state index contributed by atoms with van der Waals surface area (Å²) in [6.45, 7) is 3.03. The molecule has 2 N–H and O–H groups in total. The van der Waals surface area contributed by atoms with Crippen molar-refractivity contribution in [3.05, 3.63) is 41.4 Å². The first-order valence-corrected chi connectivity index (χ1v) is 7.40. The molecule has 1 aliphatic carbocycles. The maximum absolute atomic E-state index is 7.05. The highest BCUT2D eigenvalue weighted by atomic mass is 15.2. The van der Waals surface area contributed by atoms with Crippen molar-refractivity contribution in [3.8, 4) is 0 Å². The molecule has 1 fully saturated rings. The Hall–Kier alpha value is -2.32. The Balaban J connectivity index is 1.74. The van der Waals surface area contributed by atoms with Crippen LogP contribution in [0.3, 0.4) is 0 Å². The van der Waals surface area contributed by atoms with Crippen molar-refractivity contribution in [2.45, 2.75) is 32.2 Å². The van der Waals surface area contributed by atoms with Gasteiger partial charge in [-0.2, -0.15) is 0 Å². The maximum atomic E-state index is 7.05. The molecule has 108 valence electrons. The zero-order valence-corrected chi connectivity index (χ0v) is 12.3. The van der Waals surface area contributed by atoms with E-state index in [4.69, 9.17) is 5.41 Å². The number of para-hydroxylation sites is 2. The lowest BCUT2D eigenvalue weighted by atomic mass is 9.91. The molecule has 0 atom stereocenters. The van der Waals surface area contributed by atoms with E-state index in [1.54, 1.807) is 0 Å². The standard InChI is InChI=1S/C17H20N4/c1-13-11-14(12-21(13)15-5-4-6-15)20-17-8-3-2-7-16(17)19-10-9-18/h2-3,7-10,15,18,20H,4-6,12H2,1H3. The Kier molecular flexibility index (Phi) is 3.89. The van der Waals surface area contributed by atoms with Crippen LogP contribution in [0.1, 0.15) is 26.2 Å². The van der Waals surface area contributed by atoms with Crippen molar-refractivity contribution in [2.24, 2.45) is 4.99 Å². The third-order valence-corrected chi connectivity index (χ3v) is 4.08. The largest absolute Gasteiger partial charge is 0.359 e. The molecule has 1 heterocycles. The third-order valence-electron chi connectivity index (χ3n) is 4.08. The van der Waals surface area contributed by atoms with Gasteiger partial charge in [0.2, 0.25) is 0 Å². The molecule has 1 aliphatic heterocycles. The van der Waals surface area contributed by atoms with Crippen LogP contribution in [0.2, 0.25) is 0 Å². The average molecular weight is 280 g/mol. The molecule has 4 nitrogen and oxygen atoms in total. The number of anilines is 1. The van der Waals surface area contributed by atoms with Gasteiger partial charge in [-0.1, -0.05) is 17.9 Å². The molecule has 1 saturated carbocycles. The fourth-order valence-electron chi connectivity index (χ4n) is 2.76. The third kappa shape index (κ3) is 2.91. The van der Waals surface area contributed by atoms with E-state index in [9.17, 15) is 0 Å². The van der Waals surface area contributed by atoms with Gasteiger partial charge in [0.05, 0.1) is 29.3 Å². The van der Waals surface area contributed by atoms with Crippen LogP contribution in [0.25, 0.3) is 0 Å². The number of hydrogen-bond acceptors (Lipinski definition) is 4. The van der Waals surface area contributed by atoms with Gasteiger partial charge in [-0.15, -0.1) is 0 Å². The fourth-order valence-corrected chi connectivity index (χ4v) is 2.76. The van der Waals surface area contributed by atoms with E-state index in [1.807, 2.05) is 24.3 Å². The maximum Gasteiger partial charge on any atom is 0.0865 e. The van der Waals surface area contributed by atoms with Crippen LogP contribution in [0, 0.1) is 5.41 Å². The lowest BCUT2D eigenvalue weighted by Gasteiger charge is -2.37. The first kappa shape index (κ1) is 13.7. The van der Waals surface area contributed by atoms with Crippen LogP contribution in [-0.2, 0) is 0 Å². The van der Waals surface area contributed by atoms with Crippen LogP contribution >= 0.6 is 0 Å². The van der Waals surface area contributed by atoms with Gasteiger partial charge < -0.3 is 15.6 Å². The number of nitrogens with one attached hydrogen (secondary N) is 2. The predicted molar refractivity (Wildman–Crippen MR) is 87.6 cm³/mol. The Bertz CT molecular complexity index is 634. The molecule has 0 bridgehead atoms. The fraction of sp³-hybridized carbons (Fsp3) is 0.353. The second-order valence-corrected chi connectivity index (χ2v) is 5.49. The molecule has 21 heavy (non-hydrogen) atoms. The molecule has 0 amide bonds. The van der Waals surface area contributed by atoms with Crippen LogP contribution in [-0.4, -0.2) is 29.9 Å². The second-order valence-electron chi connectivity index (χ2n) is 5.49. The summed E-state index contributed by atoms with van der Waals surface area (Å²) in [6.07, 6.45) is 6.62. The van der Waals surface area contributed by atoms with Crippen LogP contribution in [0.5, 0.6) is 0 Å². The van der Waals surface area contributed by atoms with E-state index in [1.165, 1.54) is 37.4 Å². The van der Waals surface area contributed by atoms with E-state index >= 15 is 0 Å². The van der Waals surface area contributed by atoms with Crippen LogP contribution in [0.15, 0.2) is 46.4 Å². The minimum atomic E-state index is 0.697. The normalized spacial score (nSPS) is 18.4. The summed E-state index contributed by atoms with van der Waals surface area (Å²) in [7, 11) is 0. The minimum Gasteiger partial charge on any atom is -0.359 e. The monoisotopic (exact) mass is 280 g/mol. The van der Waals surface area contributed by atoms with E-state index in [-0.39, 0.29) is 0 Å². The molecule has 0 radical (unpaired) electrons. The second kappa shape index (κ2) is 5.98. The van der Waals surface area contributed by atoms with Gasteiger partial charge in [0.15, 0.2) is 0 Å². The van der Waals surface area contributed by atoms with Crippen molar-refractivity contribution < 1.29 is 0 Å². The summed E-state index contributed by atoms with van der Waals surface area (Å²) in [5.41, 5.74) is 7.56. The number of hydrogen-bond donors (Lipinski definition) is 2. The molecule has 0 unspecified atom stereocenters. The van der Waals surface area contributed by atoms with Crippen molar-refractivity contribution >= 4 is 23.8 Å². The number of nitrogens with zero attached hydrogens (tertiary/aromatic N) is 2. The lowest BCUT2D eigenvalue weighted by molar-refractivity contribution is 0.186. The summed E-state index contributed by atoms with van der Waals surface area (Å²) in [5.74, 6) is 0. The molecule has 2 aliphatic rings. The minimum absolute atomic E-state index is 0.697. The van der Waals surface area contributed by atoms with Crippen molar-refractivity contribution in [1.29, 1.82) is 5.41 Å². The number of rotatable bonds is 5. The Morgan fingerprint density at radius 3 is 2.90 bits per heavy atom. The van der Waals surface area contributed by atoms with Gasteiger partial charge in [-0.3, -0.25) is 4.99 Å². The molecule has 4 heteroatoms. The molecular weight excluding hydrogens is 260 g/mol. The Labute approximate surface area is 125 Å². The van der Waals surface area contributed by atoms with Crippen LogP contribution < -0.4 is 5.32 Å². The van der Waals surface area contributed by atoms with Gasteiger partial charge in [0.1, 0.15) is 0 Å². The number of aliphatic imine (C=N–C) groups is 1. The molecular formula is C17H20N4. The highest BCUT2D eigenvalue weighted by Crippen LogP contribution is 2.32. The summed E-state index contributed by atoms with van der Waals surface area (Å²) in [6, 6.07) is 8.58. The first-order valence-electron chi connectivity index (χ1n) is 7.40. The smallest absolute Gasteiger partial charge is 0.0865 e. The van der Waals surface area contributed by atoms with Gasteiger partial charge in [0, 0.05) is 18.5 Å². The average Bonchev–Trinajstić information content (AvgIpc) is 2.77.